The number of hydrogen-bond donors (Lipinski definition) is 0. The molecule has 0 spiro atoms. The van der Waals surface area contributed by atoms with E-state index in [1.165, 1.54) is 0 Å². The summed E-state index contributed by atoms with van der Waals surface area (Å²) in [5.41, 5.74) is 1.69. The standard InChI is InChI=1S/C16H20N4O2/c1-19-6-2-3-15(19)16(21)20-7-8-22-11-13(10-20)9-14-4-5-17-12-18-14/h2-6,12-13H,7-11H2,1H3. The molecule has 6 nitrogen and oxygen atoms in total. The van der Waals surface area contributed by atoms with Gasteiger partial charge in [-0.15, -0.1) is 0 Å². The number of aryl methyl sites for hydroxylation is 1. The van der Waals surface area contributed by atoms with Crippen LogP contribution in [0.3, 0.4) is 0 Å². The zero-order chi connectivity index (χ0) is 15.4. The molecular formula is C16H20N4O2. The van der Waals surface area contributed by atoms with Crippen molar-refractivity contribution in [2.75, 3.05) is 26.3 Å². The Bertz CT molecular complexity index is 626. The van der Waals surface area contributed by atoms with E-state index in [0.717, 1.165) is 12.1 Å². The van der Waals surface area contributed by atoms with Gasteiger partial charge in [-0.25, -0.2) is 9.97 Å². The number of amides is 1. The molecule has 0 N–H and O–H groups in total. The predicted octanol–water partition coefficient (Wildman–Crippen LogP) is 1.15. The minimum absolute atomic E-state index is 0.0608. The van der Waals surface area contributed by atoms with E-state index in [1.54, 1.807) is 12.5 Å². The van der Waals surface area contributed by atoms with Crippen LogP contribution in [-0.2, 0) is 18.2 Å². The lowest BCUT2D eigenvalue weighted by atomic mass is 10.0. The van der Waals surface area contributed by atoms with Gasteiger partial charge in [0.15, 0.2) is 0 Å². The van der Waals surface area contributed by atoms with Gasteiger partial charge in [-0.1, -0.05) is 0 Å². The predicted molar refractivity (Wildman–Crippen MR) is 81.4 cm³/mol. The van der Waals surface area contributed by atoms with Crippen LogP contribution in [0.2, 0.25) is 0 Å². The third kappa shape index (κ3) is 3.33. The molecule has 0 radical (unpaired) electrons. The SMILES string of the molecule is Cn1cccc1C(=O)N1CCOCC(Cc2ccncn2)C1. The number of aromatic nitrogens is 3. The van der Waals surface area contributed by atoms with E-state index in [9.17, 15) is 4.79 Å². The molecule has 22 heavy (non-hydrogen) atoms. The van der Waals surface area contributed by atoms with Crippen LogP contribution in [-0.4, -0.2) is 51.6 Å². The third-order valence-electron chi connectivity index (χ3n) is 3.93. The summed E-state index contributed by atoms with van der Waals surface area (Å²) in [6.45, 7) is 2.55. The number of hydrogen-bond acceptors (Lipinski definition) is 4. The summed E-state index contributed by atoms with van der Waals surface area (Å²) in [7, 11) is 1.89. The molecule has 116 valence electrons. The number of nitrogens with zero attached hydrogens (tertiary/aromatic N) is 4. The van der Waals surface area contributed by atoms with Crippen LogP contribution in [0.4, 0.5) is 0 Å². The summed E-state index contributed by atoms with van der Waals surface area (Å²) in [6.07, 6.45) is 5.98. The van der Waals surface area contributed by atoms with Crippen molar-refractivity contribution in [2.24, 2.45) is 13.0 Å². The van der Waals surface area contributed by atoms with Crippen molar-refractivity contribution in [1.29, 1.82) is 0 Å². The van der Waals surface area contributed by atoms with Crippen LogP contribution in [0.1, 0.15) is 16.2 Å². The van der Waals surface area contributed by atoms with E-state index in [2.05, 4.69) is 9.97 Å². The summed E-state index contributed by atoms with van der Waals surface area (Å²) in [5, 5.41) is 0. The molecule has 1 atom stereocenters. The normalized spacial score (nSPS) is 19.0. The van der Waals surface area contributed by atoms with Crippen LogP contribution < -0.4 is 0 Å². The molecule has 2 aromatic heterocycles. The third-order valence-corrected chi connectivity index (χ3v) is 3.93. The highest BCUT2D eigenvalue weighted by atomic mass is 16.5. The number of carbonyl (C=O) groups excluding carboxylic acids is 1. The monoisotopic (exact) mass is 300 g/mol. The van der Waals surface area contributed by atoms with Crippen molar-refractivity contribution in [2.45, 2.75) is 6.42 Å². The molecule has 0 saturated carbocycles. The van der Waals surface area contributed by atoms with Crippen LogP contribution in [0.15, 0.2) is 36.9 Å². The van der Waals surface area contributed by atoms with Crippen LogP contribution in [0.25, 0.3) is 0 Å². The van der Waals surface area contributed by atoms with Crippen molar-refractivity contribution in [3.8, 4) is 0 Å². The van der Waals surface area contributed by atoms with Gasteiger partial charge in [-0.05, 0) is 24.6 Å². The molecule has 2 aromatic rings. The Morgan fingerprint density at radius 1 is 1.45 bits per heavy atom. The zero-order valence-electron chi connectivity index (χ0n) is 12.7. The molecule has 1 aliphatic rings. The molecule has 0 aromatic carbocycles. The Hall–Kier alpha value is -2.21. The van der Waals surface area contributed by atoms with Gasteiger partial charge >= 0.3 is 0 Å². The van der Waals surface area contributed by atoms with E-state index in [4.69, 9.17) is 4.74 Å². The molecule has 3 rings (SSSR count). The molecule has 1 aliphatic heterocycles. The minimum atomic E-state index is 0.0608. The second-order valence-electron chi connectivity index (χ2n) is 5.60. The summed E-state index contributed by atoms with van der Waals surface area (Å²) in [5.74, 6) is 0.312. The van der Waals surface area contributed by atoms with Crippen LogP contribution in [0.5, 0.6) is 0 Å². The van der Waals surface area contributed by atoms with E-state index in [1.807, 2.05) is 40.9 Å². The molecule has 0 bridgehead atoms. The highest BCUT2D eigenvalue weighted by Crippen LogP contribution is 2.15. The number of rotatable bonds is 3. The molecular weight excluding hydrogens is 280 g/mol. The quantitative estimate of drug-likeness (QED) is 0.853. The highest BCUT2D eigenvalue weighted by molar-refractivity contribution is 5.92. The Kier molecular flexibility index (Phi) is 4.48. The molecule has 1 amide bonds. The number of carbonyl (C=O) groups is 1. The fraction of sp³-hybridized carbons (Fsp3) is 0.438. The number of ether oxygens (including phenoxy) is 1. The molecule has 3 heterocycles. The minimum Gasteiger partial charge on any atom is -0.379 e. The van der Waals surface area contributed by atoms with Crippen molar-refractivity contribution in [3.05, 3.63) is 48.3 Å². The highest BCUT2D eigenvalue weighted by Gasteiger charge is 2.25. The zero-order valence-corrected chi connectivity index (χ0v) is 12.7. The van der Waals surface area contributed by atoms with Crippen LogP contribution in [0, 0.1) is 5.92 Å². The van der Waals surface area contributed by atoms with Gasteiger partial charge in [0.1, 0.15) is 12.0 Å². The first-order chi connectivity index (χ1) is 10.7. The van der Waals surface area contributed by atoms with Gasteiger partial charge in [0.25, 0.3) is 5.91 Å². The Morgan fingerprint density at radius 2 is 2.36 bits per heavy atom. The van der Waals surface area contributed by atoms with Crippen molar-refractivity contribution < 1.29 is 9.53 Å². The topological polar surface area (TPSA) is 60.2 Å². The van der Waals surface area contributed by atoms with Gasteiger partial charge in [-0.3, -0.25) is 4.79 Å². The second kappa shape index (κ2) is 6.70. The lowest BCUT2D eigenvalue weighted by molar-refractivity contribution is 0.0728. The van der Waals surface area contributed by atoms with Gasteiger partial charge in [-0.2, -0.15) is 0 Å². The summed E-state index contributed by atoms with van der Waals surface area (Å²) in [6, 6.07) is 5.65. The van der Waals surface area contributed by atoms with E-state index >= 15 is 0 Å². The first-order valence-electron chi connectivity index (χ1n) is 7.47. The van der Waals surface area contributed by atoms with Crippen molar-refractivity contribution >= 4 is 5.91 Å². The van der Waals surface area contributed by atoms with Crippen LogP contribution >= 0.6 is 0 Å². The lowest BCUT2D eigenvalue weighted by Crippen LogP contribution is -2.37. The second-order valence-corrected chi connectivity index (χ2v) is 5.60. The van der Waals surface area contributed by atoms with E-state index in [0.29, 0.717) is 32.0 Å². The summed E-state index contributed by atoms with van der Waals surface area (Å²) >= 11 is 0. The van der Waals surface area contributed by atoms with Gasteiger partial charge in [0.2, 0.25) is 0 Å². The maximum absolute atomic E-state index is 12.7. The molecule has 1 saturated heterocycles. The Morgan fingerprint density at radius 3 is 3.09 bits per heavy atom. The average Bonchev–Trinajstić information content (AvgIpc) is 2.82. The lowest BCUT2D eigenvalue weighted by Gasteiger charge is -2.23. The van der Waals surface area contributed by atoms with Gasteiger partial charge < -0.3 is 14.2 Å². The maximum atomic E-state index is 12.7. The van der Waals surface area contributed by atoms with E-state index < -0.39 is 0 Å². The maximum Gasteiger partial charge on any atom is 0.270 e. The van der Waals surface area contributed by atoms with E-state index in [-0.39, 0.29) is 11.8 Å². The van der Waals surface area contributed by atoms with Crippen molar-refractivity contribution in [1.82, 2.24) is 19.4 Å². The largest absolute Gasteiger partial charge is 0.379 e. The molecule has 1 fully saturated rings. The summed E-state index contributed by atoms with van der Waals surface area (Å²) in [4.78, 5) is 22.7. The molecule has 0 aliphatic carbocycles. The fourth-order valence-electron chi connectivity index (χ4n) is 2.77. The van der Waals surface area contributed by atoms with Gasteiger partial charge in [0, 0.05) is 44.1 Å². The average molecular weight is 300 g/mol. The fourth-order valence-corrected chi connectivity index (χ4v) is 2.77. The van der Waals surface area contributed by atoms with Gasteiger partial charge in [0.05, 0.1) is 13.2 Å². The van der Waals surface area contributed by atoms with Crippen molar-refractivity contribution in [3.63, 3.8) is 0 Å². The molecule has 6 heteroatoms. The summed E-state index contributed by atoms with van der Waals surface area (Å²) < 4.78 is 7.52. The molecule has 1 unspecified atom stereocenters. The first-order valence-corrected chi connectivity index (χ1v) is 7.47. The smallest absolute Gasteiger partial charge is 0.270 e. The Balaban J connectivity index is 1.70. The first kappa shape index (κ1) is 14.7. The Labute approximate surface area is 129 Å².